The molecule has 0 bridgehead atoms. The van der Waals surface area contributed by atoms with Gasteiger partial charge >= 0.3 is 0 Å². The van der Waals surface area contributed by atoms with Gasteiger partial charge in [-0.2, -0.15) is 0 Å². The van der Waals surface area contributed by atoms with Crippen LogP contribution in [0.2, 0.25) is 0 Å². The van der Waals surface area contributed by atoms with E-state index in [9.17, 15) is 0 Å². The van der Waals surface area contributed by atoms with Crippen LogP contribution < -0.4 is 10.5 Å². The molecule has 0 aliphatic heterocycles. The van der Waals surface area contributed by atoms with Gasteiger partial charge in [0.25, 0.3) is 0 Å². The summed E-state index contributed by atoms with van der Waals surface area (Å²) in [6.45, 7) is 9.99. The van der Waals surface area contributed by atoms with E-state index in [4.69, 9.17) is 10.5 Å². The molecule has 4 heteroatoms. The van der Waals surface area contributed by atoms with Gasteiger partial charge in [-0.1, -0.05) is 13.8 Å². The second-order valence-electron chi connectivity index (χ2n) is 4.08. The summed E-state index contributed by atoms with van der Waals surface area (Å²) < 4.78 is 5.63. The first kappa shape index (κ1) is 13.9. The number of rotatable bonds is 7. The molecule has 0 aromatic carbocycles. The Labute approximate surface area is 104 Å². The van der Waals surface area contributed by atoms with Crippen LogP contribution in [0, 0.1) is 0 Å². The topological polar surface area (TPSA) is 51.4 Å². The lowest BCUT2D eigenvalue weighted by Gasteiger charge is -2.18. The van der Waals surface area contributed by atoms with Crippen molar-refractivity contribution in [2.75, 3.05) is 26.2 Å². The molecule has 1 aromatic rings. The monoisotopic (exact) mass is 237 g/mol. The first-order valence-corrected chi connectivity index (χ1v) is 6.24. The normalized spacial score (nSPS) is 12.8. The molecule has 0 aliphatic carbocycles. The van der Waals surface area contributed by atoms with Gasteiger partial charge in [0, 0.05) is 12.6 Å². The Morgan fingerprint density at radius 2 is 2.06 bits per heavy atom. The van der Waals surface area contributed by atoms with Gasteiger partial charge in [0.05, 0.1) is 11.9 Å². The standard InChI is InChI=1S/C13H23N3O/c1-4-16(5-2)8-9-17-12-6-7-13(11(3)14)15-10-12/h6-7,10-11H,4-5,8-9,14H2,1-3H3. The fourth-order valence-corrected chi connectivity index (χ4v) is 1.58. The van der Waals surface area contributed by atoms with E-state index in [2.05, 4.69) is 23.7 Å². The zero-order chi connectivity index (χ0) is 12.7. The van der Waals surface area contributed by atoms with Crippen LogP contribution in [0.15, 0.2) is 18.3 Å². The lowest BCUT2D eigenvalue weighted by atomic mass is 10.2. The number of ether oxygens (including phenoxy) is 1. The summed E-state index contributed by atoms with van der Waals surface area (Å²) >= 11 is 0. The summed E-state index contributed by atoms with van der Waals surface area (Å²) in [5, 5.41) is 0. The van der Waals surface area contributed by atoms with Crippen LogP contribution in [0.1, 0.15) is 32.5 Å². The minimum absolute atomic E-state index is 0.0280. The molecule has 96 valence electrons. The molecule has 1 atom stereocenters. The van der Waals surface area contributed by atoms with Gasteiger partial charge in [0.2, 0.25) is 0 Å². The van der Waals surface area contributed by atoms with Crippen molar-refractivity contribution in [2.24, 2.45) is 5.73 Å². The van der Waals surface area contributed by atoms with Crippen molar-refractivity contribution in [1.29, 1.82) is 0 Å². The predicted octanol–water partition coefficient (Wildman–Crippen LogP) is 1.82. The average molecular weight is 237 g/mol. The van der Waals surface area contributed by atoms with Crippen LogP contribution in [-0.2, 0) is 0 Å². The van der Waals surface area contributed by atoms with E-state index in [-0.39, 0.29) is 6.04 Å². The lowest BCUT2D eigenvalue weighted by Crippen LogP contribution is -2.27. The molecule has 1 rings (SSSR count). The van der Waals surface area contributed by atoms with Gasteiger partial charge in [0.1, 0.15) is 12.4 Å². The Morgan fingerprint density at radius 1 is 1.35 bits per heavy atom. The minimum Gasteiger partial charge on any atom is -0.491 e. The second-order valence-corrected chi connectivity index (χ2v) is 4.08. The van der Waals surface area contributed by atoms with Crippen molar-refractivity contribution < 1.29 is 4.74 Å². The molecule has 1 aromatic heterocycles. The van der Waals surface area contributed by atoms with E-state index >= 15 is 0 Å². The smallest absolute Gasteiger partial charge is 0.137 e. The molecule has 0 spiro atoms. The highest BCUT2D eigenvalue weighted by atomic mass is 16.5. The third-order valence-electron chi connectivity index (χ3n) is 2.80. The summed E-state index contributed by atoms with van der Waals surface area (Å²) in [5.74, 6) is 0.807. The summed E-state index contributed by atoms with van der Waals surface area (Å²) in [4.78, 5) is 6.58. The highest BCUT2D eigenvalue weighted by Gasteiger charge is 2.02. The third-order valence-corrected chi connectivity index (χ3v) is 2.80. The van der Waals surface area contributed by atoms with Crippen molar-refractivity contribution in [3.05, 3.63) is 24.0 Å². The summed E-state index contributed by atoms with van der Waals surface area (Å²) in [5.41, 5.74) is 6.62. The highest BCUT2D eigenvalue weighted by Crippen LogP contribution is 2.12. The van der Waals surface area contributed by atoms with Crippen molar-refractivity contribution >= 4 is 0 Å². The molecule has 0 amide bonds. The van der Waals surface area contributed by atoms with Crippen LogP contribution in [-0.4, -0.2) is 36.1 Å². The maximum atomic E-state index is 5.73. The molecule has 0 fully saturated rings. The zero-order valence-electron chi connectivity index (χ0n) is 11.0. The van der Waals surface area contributed by atoms with Crippen LogP contribution in [0.4, 0.5) is 0 Å². The van der Waals surface area contributed by atoms with Gasteiger partial charge in [-0.05, 0) is 32.1 Å². The number of aromatic nitrogens is 1. The van der Waals surface area contributed by atoms with Crippen LogP contribution >= 0.6 is 0 Å². The molecule has 0 radical (unpaired) electrons. The number of nitrogens with zero attached hydrogens (tertiary/aromatic N) is 2. The van der Waals surface area contributed by atoms with E-state index in [1.807, 2.05) is 19.1 Å². The minimum atomic E-state index is -0.0280. The van der Waals surface area contributed by atoms with Crippen molar-refractivity contribution in [2.45, 2.75) is 26.8 Å². The van der Waals surface area contributed by atoms with Crippen molar-refractivity contribution in [3.8, 4) is 5.75 Å². The van der Waals surface area contributed by atoms with Crippen LogP contribution in [0.3, 0.4) is 0 Å². The SMILES string of the molecule is CCN(CC)CCOc1ccc(C(C)N)nc1. The number of likely N-dealkylation sites (N-methyl/N-ethyl adjacent to an activating group) is 1. The molecule has 1 heterocycles. The number of hydrogen-bond donors (Lipinski definition) is 1. The quantitative estimate of drug-likeness (QED) is 0.786. The summed E-state index contributed by atoms with van der Waals surface area (Å²) in [7, 11) is 0. The summed E-state index contributed by atoms with van der Waals surface area (Å²) in [6.07, 6.45) is 1.74. The number of hydrogen-bond acceptors (Lipinski definition) is 4. The molecular formula is C13H23N3O. The van der Waals surface area contributed by atoms with E-state index < -0.39 is 0 Å². The predicted molar refractivity (Wildman–Crippen MR) is 70.1 cm³/mol. The molecule has 0 saturated heterocycles. The Morgan fingerprint density at radius 3 is 2.53 bits per heavy atom. The van der Waals surface area contributed by atoms with Crippen molar-refractivity contribution in [1.82, 2.24) is 9.88 Å². The van der Waals surface area contributed by atoms with Crippen molar-refractivity contribution in [3.63, 3.8) is 0 Å². The fourth-order valence-electron chi connectivity index (χ4n) is 1.58. The molecule has 2 N–H and O–H groups in total. The Hall–Kier alpha value is -1.13. The van der Waals surface area contributed by atoms with E-state index in [0.29, 0.717) is 6.61 Å². The van der Waals surface area contributed by atoms with E-state index in [1.165, 1.54) is 0 Å². The number of nitrogens with two attached hydrogens (primary N) is 1. The molecular weight excluding hydrogens is 214 g/mol. The van der Waals surface area contributed by atoms with Gasteiger partial charge in [-0.15, -0.1) is 0 Å². The molecule has 4 nitrogen and oxygen atoms in total. The molecule has 0 aliphatic rings. The van der Waals surface area contributed by atoms with Crippen LogP contribution in [0.5, 0.6) is 5.75 Å². The largest absolute Gasteiger partial charge is 0.491 e. The Kier molecular flexibility index (Phi) is 5.94. The first-order chi connectivity index (χ1) is 8.17. The first-order valence-electron chi connectivity index (χ1n) is 6.24. The summed E-state index contributed by atoms with van der Waals surface area (Å²) in [6, 6.07) is 3.81. The maximum absolute atomic E-state index is 5.73. The molecule has 0 saturated carbocycles. The van der Waals surface area contributed by atoms with Gasteiger partial charge < -0.3 is 15.4 Å². The number of pyridine rings is 1. The van der Waals surface area contributed by atoms with Crippen LogP contribution in [0.25, 0.3) is 0 Å². The highest BCUT2D eigenvalue weighted by molar-refractivity contribution is 5.21. The Bertz CT molecular complexity index is 307. The Balaban J connectivity index is 2.37. The average Bonchev–Trinajstić information content (AvgIpc) is 2.35. The molecule has 17 heavy (non-hydrogen) atoms. The zero-order valence-corrected chi connectivity index (χ0v) is 11.0. The van der Waals surface area contributed by atoms with Gasteiger partial charge in [-0.3, -0.25) is 4.98 Å². The second kappa shape index (κ2) is 7.25. The van der Waals surface area contributed by atoms with E-state index in [0.717, 1.165) is 31.1 Å². The van der Waals surface area contributed by atoms with Gasteiger partial charge in [-0.25, -0.2) is 0 Å². The molecule has 1 unspecified atom stereocenters. The third kappa shape index (κ3) is 4.71. The fraction of sp³-hybridized carbons (Fsp3) is 0.615. The van der Waals surface area contributed by atoms with E-state index in [1.54, 1.807) is 6.20 Å². The lowest BCUT2D eigenvalue weighted by molar-refractivity contribution is 0.222. The van der Waals surface area contributed by atoms with Gasteiger partial charge in [0.15, 0.2) is 0 Å². The maximum Gasteiger partial charge on any atom is 0.137 e.